The van der Waals surface area contributed by atoms with Gasteiger partial charge in [0.05, 0.1) is 22.1 Å². The predicted octanol–water partition coefficient (Wildman–Crippen LogP) is 5.97. The molecule has 131 valence electrons. The molecule has 3 heterocycles. The molecule has 6 rings (SSSR count). The van der Waals surface area contributed by atoms with Crippen LogP contribution < -0.4 is 0 Å². The van der Waals surface area contributed by atoms with Crippen LogP contribution in [0.1, 0.15) is 0 Å². The van der Waals surface area contributed by atoms with Crippen LogP contribution in [0, 0.1) is 6.07 Å². The Balaban J connectivity index is 0.000000122. The molecule has 0 unspecified atom stereocenters. The second-order valence-corrected chi connectivity index (χ2v) is 6.49. The molecule has 0 aliphatic heterocycles. The predicted molar refractivity (Wildman–Crippen MR) is 115 cm³/mol. The molecule has 0 fully saturated rings. The van der Waals surface area contributed by atoms with Crippen molar-refractivity contribution in [2.45, 2.75) is 0 Å². The molecule has 6 aromatic rings. The van der Waals surface area contributed by atoms with Gasteiger partial charge in [-0.25, -0.2) is 4.98 Å². The Bertz CT molecular complexity index is 1250. The van der Waals surface area contributed by atoms with E-state index in [0.29, 0.717) is 0 Å². The van der Waals surface area contributed by atoms with Crippen LogP contribution in [0.15, 0.2) is 97.3 Å². The Morgan fingerprint density at radius 1 is 0.500 bits per heavy atom. The first kappa shape index (κ1) is 16.3. The molecule has 3 heteroatoms. The van der Waals surface area contributed by atoms with Crippen LogP contribution in [0.2, 0.25) is 0 Å². The highest BCUT2D eigenvalue weighted by Gasteiger charge is 2.00. The molecule has 3 aromatic heterocycles. The van der Waals surface area contributed by atoms with Crippen LogP contribution in [0.25, 0.3) is 43.6 Å². The van der Waals surface area contributed by atoms with E-state index < -0.39 is 0 Å². The summed E-state index contributed by atoms with van der Waals surface area (Å²) in [5.41, 5.74) is 3.97. The summed E-state index contributed by atoms with van der Waals surface area (Å²) in [6.07, 6.45) is 3.60. The maximum Gasteiger partial charge on any atom is 0.0964 e. The number of benzene rings is 3. The van der Waals surface area contributed by atoms with Crippen molar-refractivity contribution < 1.29 is 0 Å². The Kier molecular flexibility index (Phi) is 4.11. The normalized spacial score (nSPS) is 10.9. The van der Waals surface area contributed by atoms with Gasteiger partial charge in [-0.15, -0.1) is 0 Å². The molecular formula is C25H16N3. The fourth-order valence-electron chi connectivity index (χ4n) is 3.31. The molecule has 0 saturated carbocycles. The maximum absolute atomic E-state index is 4.55. The summed E-state index contributed by atoms with van der Waals surface area (Å²) in [5, 5.41) is 4.43. The Morgan fingerprint density at radius 2 is 1.00 bits per heavy atom. The molecule has 0 aliphatic carbocycles. The van der Waals surface area contributed by atoms with Gasteiger partial charge in [0.1, 0.15) is 0 Å². The van der Waals surface area contributed by atoms with Gasteiger partial charge in [0, 0.05) is 40.0 Å². The zero-order valence-corrected chi connectivity index (χ0v) is 15.1. The quantitative estimate of drug-likeness (QED) is 0.248. The lowest BCUT2D eigenvalue weighted by atomic mass is 10.1. The molecule has 28 heavy (non-hydrogen) atoms. The van der Waals surface area contributed by atoms with Crippen molar-refractivity contribution >= 4 is 43.6 Å². The van der Waals surface area contributed by atoms with Crippen molar-refractivity contribution in [2.24, 2.45) is 0 Å². The Morgan fingerprint density at radius 3 is 1.54 bits per heavy atom. The number of pyridine rings is 3. The monoisotopic (exact) mass is 358 g/mol. The summed E-state index contributed by atoms with van der Waals surface area (Å²) >= 11 is 0. The van der Waals surface area contributed by atoms with Gasteiger partial charge in [0.15, 0.2) is 0 Å². The van der Waals surface area contributed by atoms with Crippen LogP contribution in [0.5, 0.6) is 0 Å². The van der Waals surface area contributed by atoms with E-state index in [4.69, 9.17) is 0 Å². The van der Waals surface area contributed by atoms with Crippen molar-refractivity contribution in [3.8, 4) is 0 Å². The number of nitrogens with zero attached hydrogens (tertiary/aromatic N) is 3. The molecule has 0 saturated heterocycles. The van der Waals surface area contributed by atoms with E-state index >= 15 is 0 Å². The SMILES string of the molecule is [c]1c2ccccc2nc2ccccc12.c1cnc2c(c1)ccc1cccnc12. The summed E-state index contributed by atoms with van der Waals surface area (Å²) < 4.78 is 0. The second-order valence-electron chi connectivity index (χ2n) is 6.49. The minimum atomic E-state index is 0.977. The van der Waals surface area contributed by atoms with Gasteiger partial charge >= 0.3 is 0 Å². The summed E-state index contributed by atoms with van der Waals surface area (Å²) in [6, 6.07) is 31.6. The van der Waals surface area contributed by atoms with Crippen LogP contribution in [0.3, 0.4) is 0 Å². The average molecular weight is 358 g/mol. The number of aromatic nitrogens is 3. The Hall–Kier alpha value is -3.85. The highest BCUT2D eigenvalue weighted by Crippen LogP contribution is 2.20. The molecule has 3 aromatic carbocycles. The third-order valence-electron chi connectivity index (χ3n) is 4.66. The highest BCUT2D eigenvalue weighted by atomic mass is 14.7. The number of para-hydroxylation sites is 2. The fourth-order valence-corrected chi connectivity index (χ4v) is 3.31. The van der Waals surface area contributed by atoms with Gasteiger partial charge in [-0.3, -0.25) is 9.97 Å². The van der Waals surface area contributed by atoms with E-state index in [9.17, 15) is 0 Å². The zero-order chi connectivity index (χ0) is 18.8. The smallest absolute Gasteiger partial charge is 0.0964 e. The zero-order valence-electron chi connectivity index (χ0n) is 15.1. The van der Waals surface area contributed by atoms with E-state index in [-0.39, 0.29) is 0 Å². The Labute approximate surface area is 162 Å². The fraction of sp³-hybridized carbons (Fsp3) is 0. The van der Waals surface area contributed by atoms with Crippen LogP contribution in [-0.4, -0.2) is 15.0 Å². The first-order valence-electron chi connectivity index (χ1n) is 9.14. The van der Waals surface area contributed by atoms with E-state index in [0.717, 1.165) is 43.6 Å². The summed E-state index contributed by atoms with van der Waals surface area (Å²) in [4.78, 5) is 13.2. The van der Waals surface area contributed by atoms with Crippen molar-refractivity contribution in [1.29, 1.82) is 0 Å². The van der Waals surface area contributed by atoms with E-state index in [1.54, 1.807) is 12.4 Å². The lowest BCUT2D eigenvalue weighted by Crippen LogP contribution is -1.83. The molecule has 0 aliphatic rings. The first-order valence-corrected chi connectivity index (χ1v) is 9.14. The van der Waals surface area contributed by atoms with Gasteiger partial charge < -0.3 is 0 Å². The first-order chi connectivity index (χ1) is 13.9. The maximum atomic E-state index is 4.55. The van der Waals surface area contributed by atoms with Gasteiger partial charge in [0.2, 0.25) is 0 Å². The average Bonchev–Trinajstić information content (AvgIpc) is 2.78. The number of hydrogen-bond donors (Lipinski definition) is 0. The van der Waals surface area contributed by atoms with Gasteiger partial charge in [0.25, 0.3) is 0 Å². The second kappa shape index (κ2) is 7.05. The van der Waals surface area contributed by atoms with Crippen LogP contribution in [-0.2, 0) is 0 Å². The molecule has 0 bridgehead atoms. The molecule has 0 amide bonds. The van der Waals surface area contributed by atoms with Crippen LogP contribution in [0.4, 0.5) is 0 Å². The third kappa shape index (κ3) is 3.03. The lowest BCUT2D eigenvalue weighted by molar-refractivity contribution is 1.37. The third-order valence-corrected chi connectivity index (χ3v) is 4.66. The molecular weight excluding hydrogens is 342 g/mol. The minimum absolute atomic E-state index is 0.977. The van der Waals surface area contributed by atoms with Gasteiger partial charge in [-0.1, -0.05) is 60.7 Å². The molecule has 0 atom stereocenters. The standard InChI is InChI=1S/C13H8N.C12H8N2/c1-3-7-12-10(5-1)9-11-6-2-4-8-13(11)14-12;1-3-9-5-6-10-4-2-8-14-12(10)11(9)13-7-1/h2*1-8H. The van der Waals surface area contributed by atoms with Crippen LogP contribution >= 0.6 is 0 Å². The van der Waals surface area contributed by atoms with Gasteiger partial charge in [-0.2, -0.15) is 0 Å². The van der Waals surface area contributed by atoms with Gasteiger partial charge in [-0.05, 0) is 24.3 Å². The topological polar surface area (TPSA) is 38.7 Å². The minimum Gasteiger partial charge on any atom is -0.254 e. The van der Waals surface area contributed by atoms with Crippen molar-refractivity contribution in [1.82, 2.24) is 15.0 Å². The number of rotatable bonds is 0. The van der Waals surface area contributed by atoms with Crippen molar-refractivity contribution in [3.63, 3.8) is 0 Å². The largest absolute Gasteiger partial charge is 0.254 e. The summed E-state index contributed by atoms with van der Waals surface area (Å²) in [5.74, 6) is 0. The molecule has 0 N–H and O–H groups in total. The summed E-state index contributed by atoms with van der Waals surface area (Å²) in [7, 11) is 0. The number of hydrogen-bond acceptors (Lipinski definition) is 3. The molecule has 1 radical (unpaired) electrons. The number of fused-ring (bicyclic) bond motifs is 5. The highest BCUT2D eigenvalue weighted by molar-refractivity contribution is 6.02. The molecule has 3 nitrogen and oxygen atoms in total. The lowest BCUT2D eigenvalue weighted by Gasteiger charge is -2.00. The van der Waals surface area contributed by atoms with E-state index in [2.05, 4.69) is 45.3 Å². The molecule has 0 spiro atoms. The summed E-state index contributed by atoms with van der Waals surface area (Å²) in [6.45, 7) is 0. The van der Waals surface area contributed by atoms with E-state index in [1.165, 1.54) is 0 Å². The van der Waals surface area contributed by atoms with Crippen molar-refractivity contribution in [3.05, 3.63) is 103 Å². The van der Waals surface area contributed by atoms with E-state index in [1.807, 2.05) is 60.7 Å². The van der Waals surface area contributed by atoms with Crippen molar-refractivity contribution in [2.75, 3.05) is 0 Å².